The molecule has 0 radical (unpaired) electrons. The fraction of sp³-hybridized carbons (Fsp3) is 0.385. The van der Waals surface area contributed by atoms with Gasteiger partial charge in [-0.25, -0.2) is 4.39 Å². The summed E-state index contributed by atoms with van der Waals surface area (Å²) in [5.41, 5.74) is 0.634. The summed E-state index contributed by atoms with van der Waals surface area (Å²) in [6, 6.07) is 5.89. The molecule has 1 unspecified atom stereocenters. The van der Waals surface area contributed by atoms with Crippen molar-refractivity contribution >= 4 is 11.9 Å². The van der Waals surface area contributed by atoms with Crippen molar-refractivity contribution in [2.45, 2.75) is 12.8 Å². The zero-order valence-electron chi connectivity index (χ0n) is 10.3. The quantitative estimate of drug-likeness (QED) is 0.751. The summed E-state index contributed by atoms with van der Waals surface area (Å²) < 4.78 is 22.2. The third-order valence-electron chi connectivity index (χ3n) is 2.55. The molecule has 0 aliphatic carbocycles. The van der Waals surface area contributed by atoms with Crippen LogP contribution < -0.4 is 0 Å². The predicted octanol–water partition coefficient (Wildman–Crippen LogP) is 1.72. The van der Waals surface area contributed by atoms with Crippen LogP contribution in [-0.2, 0) is 25.5 Å². The molecule has 0 aromatic heterocycles. The molecule has 0 spiro atoms. The number of rotatable bonds is 5. The summed E-state index contributed by atoms with van der Waals surface area (Å²) in [4.78, 5) is 22.7. The Bertz CT molecular complexity index is 431. The molecule has 1 atom stereocenters. The number of halogens is 1. The van der Waals surface area contributed by atoms with Gasteiger partial charge in [0, 0.05) is 0 Å². The van der Waals surface area contributed by atoms with Gasteiger partial charge in [0.15, 0.2) is 0 Å². The van der Waals surface area contributed by atoms with E-state index in [2.05, 4.69) is 9.47 Å². The summed E-state index contributed by atoms with van der Waals surface area (Å²) in [5, 5.41) is 0. The number of carbonyl (C=O) groups excluding carboxylic acids is 2. The number of esters is 2. The Morgan fingerprint density at radius 1 is 1.28 bits per heavy atom. The molecule has 0 heterocycles. The van der Waals surface area contributed by atoms with Crippen molar-refractivity contribution < 1.29 is 23.5 Å². The Morgan fingerprint density at radius 2 is 2.00 bits per heavy atom. The molecule has 98 valence electrons. The first-order valence-corrected chi connectivity index (χ1v) is 5.46. The molecule has 18 heavy (non-hydrogen) atoms. The van der Waals surface area contributed by atoms with E-state index < -0.39 is 17.9 Å². The normalized spacial score (nSPS) is 11.7. The number of methoxy groups -OCH3 is 2. The molecule has 0 N–H and O–H groups in total. The molecule has 0 saturated carbocycles. The maximum atomic E-state index is 13.0. The average molecular weight is 254 g/mol. The maximum Gasteiger partial charge on any atom is 0.309 e. The van der Waals surface area contributed by atoms with Gasteiger partial charge in [-0.15, -0.1) is 0 Å². The first-order valence-electron chi connectivity index (χ1n) is 5.46. The van der Waals surface area contributed by atoms with Crippen molar-refractivity contribution in [2.75, 3.05) is 14.2 Å². The molecule has 0 bridgehead atoms. The number of benzene rings is 1. The van der Waals surface area contributed by atoms with Crippen LogP contribution in [0.1, 0.15) is 12.0 Å². The topological polar surface area (TPSA) is 52.6 Å². The van der Waals surface area contributed by atoms with Gasteiger partial charge in [0.2, 0.25) is 0 Å². The van der Waals surface area contributed by atoms with Crippen molar-refractivity contribution in [1.82, 2.24) is 0 Å². The minimum Gasteiger partial charge on any atom is -0.469 e. The molecule has 1 aromatic rings. The standard InChI is InChI=1S/C13H15FO4/c1-17-12(15)8-10(13(16)18-2)6-9-4-3-5-11(14)7-9/h3-5,7,10H,6,8H2,1-2H3. The van der Waals surface area contributed by atoms with E-state index in [0.29, 0.717) is 5.56 Å². The zero-order valence-corrected chi connectivity index (χ0v) is 10.3. The van der Waals surface area contributed by atoms with E-state index >= 15 is 0 Å². The Balaban J connectivity index is 2.78. The lowest BCUT2D eigenvalue weighted by atomic mass is 9.96. The van der Waals surface area contributed by atoms with Crippen LogP contribution in [0.4, 0.5) is 4.39 Å². The number of ether oxygens (including phenoxy) is 2. The van der Waals surface area contributed by atoms with Crippen molar-refractivity contribution in [3.8, 4) is 0 Å². The minimum absolute atomic E-state index is 0.0836. The van der Waals surface area contributed by atoms with E-state index in [0.717, 1.165) is 0 Å². The van der Waals surface area contributed by atoms with Gasteiger partial charge in [0.1, 0.15) is 5.82 Å². The maximum absolute atomic E-state index is 13.0. The predicted molar refractivity (Wildman–Crippen MR) is 62.2 cm³/mol. The van der Waals surface area contributed by atoms with Crippen molar-refractivity contribution in [1.29, 1.82) is 0 Å². The Morgan fingerprint density at radius 3 is 2.56 bits per heavy atom. The number of hydrogen-bond donors (Lipinski definition) is 0. The summed E-state index contributed by atoms with van der Waals surface area (Å²) in [7, 11) is 2.50. The van der Waals surface area contributed by atoms with Gasteiger partial charge in [-0.05, 0) is 24.1 Å². The highest BCUT2D eigenvalue weighted by Crippen LogP contribution is 2.15. The van der Waals surface area contributed by atoms with Crippen LogP contribution in [0.3, 0.4) is 0 Å². The van der Waals surface area contributed by atoms with Crippen LogP contribution in [0.25, 0.3) is 0 Å². The van der Waals surface area contributed by atoms with Gasteiger partial charge in [0.05, 0.1) is 26.6 Å². The fourth-order valence-electron chi connectivity index (χ4n) is 1.64. The zero-order chi connectivity index (χ0) is 13.5. The Hall–Kier alpha value is -1.91. The molecule has 4 nitrogen and oxygen atoms in total. The van der Waals surface area contributed by atoms with Crippen molar-refractivity contribution in [3.63, 3.8) is 0 Å². The van der Waals surface area contributed by atoms with Gasteiger partial charge in [0.25, 0.3) is 0 Å². The summed E-state index contributed by atoms with van der Waals surface area (Å²) >= 11 is 0. The van der Waals surface area contributed by atoms with Gasteiger partial charge in [-0.2, -0.15) is 0 Å². The van der Waals surface area contributed by atoms with Crippen LogP contribution in [-0.4, -0.2) is 26.2 Å². The monoisotopic (exact) mass is 254 g/mol. The molecule has 0 aliphatic rings. The van der Waals surface area contributed by atoms with Crippen LogP contribution in [0.15, 0.2) is 24.3 Å². The summed E-state index contributed by atoms with van der Waals surface area (Å²) in [6.07, 6.45) is 0.152. The van der Waals surface area contributed by atoms with E-state index in [4.69, 9.17) is 0 Å². The van der Waals surface area contributed by atoms with E-state index in [9.17, 15) is 14.0 Å². The molecular formula is C13H15FO4. The third kappa shape index (κ3) is 4.16. The molecule has 1 rings (SSSR count). The van der Waals surface area contributed by atoms with E-state index in [-0.39, 0.29) is 18.7 Å². The van der Waals surface area contributed by atoms with Gasteiger partial charge < -0.3 is 9.47 Å². The number of hydrogen-bond acceptors (Lipinski definition) is 4. The smallest absolute Gasteiger partial charge is 0.309 e. The van der Waals surface area contributed by atoms with Crippen LogP contribution in [0.5, 0.6) is 0 Å². The first kappa shape index (κ1) is 14.2. The van der Waals surface area contributed by atoms with Gasteiger partial charge in [-0.3, -0.25) is 9.59 Å². The molecule has 0 amide bonds. The second kappa shape index (κ2) is 6.74. The summed E-state index contributed by atoms with van der Waals surface area (Å²) in [6.45, 7) is 0. The Labute approximate surface area is 105 Å². The second-order valence-corrected chi connectivity index (χ2v) is 3.83. The van der Waals surface area contributed by atoms with Crippen LogP contribution in [0.2, 0.25) is 0 Å². The van der Waals surface area contributed by atoms with Crippen molar-refractivity contribution in [2.24, 2.45) is 5.92 Å². The molecule has 0 saturated heterocycles. The van der Waals surface area contributed by atoms with Gasteiger partial charge in [-0.1, -0.05) is 12.1 Å². The van der Waals surface area contributed by atoms with Crippen LogP contribution >= 0.6 is 0 Å². The SMILES string of the molecule is COC(=O)CC(Cc1cccc(F)c1)C(=O)OC. The van der Waals surface area contributed by atoms with E-state index in [1.807, 2.05) is 0 Å². The molecular weight excluding hydrogens is 239 g/mol. The summed E-state index contributed by atoms with van der Waals surface area (Å²) in [5.74, 6) is -2.05. The van der Waals surface area contributed by atoms with E-state index in [1.54, 1.807) is 12.1 Å². The molecule has 0 fully saturated rings. The molecule has 1 aromatic carbocycles. The lowest BCUT2D eigenvalue weighted by Gasteiger charge is -2.13. The van der Waals surface area contributed by atoms with Crippen molar-refractivity contribution in [3.05, 3.63) is 35.6 Å². The lowest BCUT2D eigenvalue weighted by molar-refractivity contribution is -0.151. The highest BCUT2D eigenvalue weighted by atomic mass is 19.1. The largest absolute Gasteiger partial charge is 0.469 e. The van der Waals surface area contributed by atoms with E-state index in [1.165, 1.54) is 26.4 Å². The fourth-order valence-corrected chi connectivity index (χ4v) is 1.64. The van der Waals surface area contributed by atoms with Crippen LogP contribution in [0, 0.1) is 11.7 Å². The second-order valence-electron chi connectivity index (χ2n) is 3.83. The highest BCUT2D eigenvalue weighted by molar-refractivity contribution is 5.80. The molecule has 0 aliphatic heterocycles. The van der Waals surface area contributed by atoms with Gasteiger partial charge >= 0.3 is 11.9 Å². The Kier molecular flexibility index (Phi) is 5.30. The minimum atomic E-state index is -0.663. The number of carbonyl (C=O) groups is 2. The molecule has 5 heteroatoms. The lowest BCUT2D eigenvalue weighted by Crippen LogP contribution is -2.22. The first-order chi connectivity index (χ1) is 8.56. The third-order valence-corrected chi connectivity index (χ3v) is 2.55. The highest BCUT2D eigenvalue weighted by Gasteiger charge is 2.23. The average Bonchev–Trinajstić information content (AvgIpc) is 2.36.